The van der Waals surface area contributed by atoms with Gasteiger partial charge in [-0.2, -0.15) is 0 Å². The van der Waals surface area contributed by atoms with Gasteiger partial charge in [0.1, 0.15) is 11.9 Å². The number of carboxylic acids is 1. The van der Waals surface area contributed by atoms with Gasteiger partial charge < -0.3 is 20.6 Å². The first kappa shape index (κ1) is 16.7. The van der Waals surface area contributed by atoms with Gasteiger partial charge >= 0.3 is 5.97 Å². The highest BCUT2D eigenvalue weighted by Crippen LogP contribution is 2.20. The van der Waals surface area contributed by atoms with Gasteiger partial charge in [0.2, 0.25) is 5.91 Å². The monoisotopic (exact) mass is 332 g/mol. The lowest BCUT2D eigenvalue weighted by atomic mass is 9.94. The number of hydrogen-bond acceptors (Lipinski definition) is 5. The first-order valence-electron chi connectivity index (χ1n) is 8.61. The molecule has 1 aromatic rings. The van der Waals surface area contributed by atoms with Crippen LogP contribution >= 0.6 is 0 Å². The maximum atomic E-state index is 12.3. The van der Waals surface area contributed by atoms with E-state index in [0.29, 0.717) is 25.1 Å². The fraction of sp³-hybridized carbons (Fsp3) is 0.588. The number of aliphatic carboxylic acids is 1. The number of rotatable bonds is 4. The summed E-state index contributed by atoms with van der Waals surface area (Å²) in [6.45, 7) is 2.47. The zero-order valence-electron chi connectivity index (χ0n) is 13.7. The molecule has 3 rings (SSSR count). The number of aromatic nitrogens is 1. The van der Waals surface area contributed by atoms with Gasteiger partial charge in [-0.3, -0.25) is 9.59 Å². The van der Waals surface area contributed by atoms with E-state index < -0.39 is 12.0 Å². The van der Waals surface area contributed by atoms with Crippen molar-refractivity contribution in [2.45, 2.75) is 38.1 Å². The number of carboxylic acid groups (broad SMARTS) is 1. The molecule has 0 bridgehead atoms. The Bertz CT molecular complexity index is 576. The van der Waals surface area contributed by atoms with Gasteiger partial charge in [0, 0.05) is 19.6 Å². The van der Waals surface area contributed by atoms with Crippen molar-refractivity contribution in [3.63, 3.8) is 0 Å². The number of anilines is 2. The summed E-state index contributed by atoms with van der Waals surface area (Å²) in [7, 11) is 0. The van der Waals surface area contributed by atoms with Crippen molar-refractivity contribution in [1.82, 2.24) is 10.3 Å². The number of nitrogens with one attached hydrogen (secondary N) is 2. The van der Waals surface area contributed by atoms with Gasteiger partial charge in [0.05, 0.1) is 17.8 Å². The lowest BCUT2D eigenvalue weighted by Gasteiger charge is -2.28. The molecule has 2 aliphatic rings. The number of nitrogens with zero attached hydrogens (tertiary/aromatic N) is 2. The van der Waals surface area contributed by atoms with Crippen LogP contribution < -0.4 is 15.5 Å². The van der Waals surface area contributed by atoms with Crippen molar-refractivity contribution in [2.75, 3.05) is 29.9 Å². The van der Waals surface area contributed by atoms with Crippen molar-refractivity contribution in [3.05, 3.63) is 18.3 Å². The van der Waals surface area contributed by atoms with Crippen LogP contribution in [0.5, 0.6) is 0 Å². The highest BCUT2D eigenvalue weighted by Gasteiger charge is 2.29. The molecule has 7 nitrogen and oxygen atoms in total. The zero-order valence-corrected chi connectivity index (χ0v) is 13.7. The second kappa shape index (κ2) is 7.61. The van der Waals surface area contributed by atoms with Gasteiger partial charge in [-0.1, -0.05) is 0 Å². The number of hydrogen-bond donors (Lipinski definition) is 3. The number of carbonyl (C=O) groups is 2. The second-order valence-electron chi connectivity index (χ2n) is 6.52. The van der Waals surface area contributed by atoms with Crippen LogP contribution in [-0.2, 0) is 9.59 Å². The van der Waals surface area contributed by atoms with E-state index in [0.717, 1.165) is 18.9 Å². The third-order valence-corrected chi connectivity index (χ3v) is 4.78. The fourth-order valence-electron chi connectivity index (χ4n) is 3.31. The average molecular weight is 332 g/mol. The van der Waals surface area contributed by atoms with Gasteiger partial charge in [-0.15, -0.1) is 0 Å². The quantitative estimate of drug-likeness (QED) is 0.773. The number of amides is 1. The Hall–Kier alpha value is -2.15. The third kappa shape index (κ3) is 4.03. The van der Waals surface area contributed by atoms with E-state index in [1.165, 1.54) is 19.3 Å². The fourth-order valence-corrected chi connectivity index (χ4v) is 3.31. The summed E-state index contributed by atoms with van der Waals surface area (Å²) >= 11 is 0. The number of carbonyl (C=O) groups excluding carboxylic acids is 1. The zero-order chi connectivity index (χ0) is 16.9. The highest BCUT2D eigenvalue weighted by molar-refractivity contribution is 5.92. The Morgan fingerprint density at radius 3 is 2.58 bits per heavy atom. The Labute approximate surface area is 141 Å². The Morgan fingerprint density at radius 2 is 2.00 bits per heavy atom. The Morgan fingerprint density at radius 1 is 1.21 bits per heavy atom. The van der Waals surface area contributed by atoms with Crippen molar-refractivity contribution in [2.24, 2.45) is 5.92 Å². The summed E-state index contributed by atoms with van der Waals surface area (Å²) in [4.78, 5) is 29.9. The molecule has 0 saturated carbocycles. The summed E-state index contributed by atoms with van der Waals surface area (Å²) in [5.41, 5.74) is 0.682. The van der Waals surface area contributed by atoms with E-state index >= 15 is 0 Å². The molecule has 0 spiro atoms. The van der Waals surface area contributed by atoms with Crippen LogP contribution in [0.3, 0.4) is 0 Å². The molecule has 130 valence electrons. The minimum Gasteiger partial charge on any atom is -0.480 e. The highest BCUT2D eigenvalue weighted by atomic mass is 16.4. The van der Waals surface area contributed by atoms with Crippen LogP contribution in [-0.4, -0.2) is 47.6 Å². The van der Waals surface area contributed by atoms with E-state index in [4.69, 9.17) is 5.11 Å². The van der Waals surface area contributed by atoms with Gasteiger partial charge in [0.15, 0.2) is 0 Å². The molecule has 2 saturated heterocycles. The summed E-state index contributed by atoms with van der Waals surface area (Å²) in [5.74, 6) is -0.191. The molecule has 24 heavy (non-hydrogen) atoms. The molecular formula is C17H24N4O3. The number of piperidine rings is 2. The standard InChI is InChI=1S/C17H24N4O3/c22-16(12-4-6-14(17(23)24)18-10-12)20-13-5-7-15(19-11-13)21-8-2-1-3-9-21/h5,7,11-12,14,18H,1-4,6,8-10H2,(H,20,22)(H,23,24). The minimum atomic E-state index is -0.855. The molecule has 0 radical (unpaired) electrons. The summed E-state index contributed by atoms with van der Waals surface area (Å²) in [5, 5.41) is 14.7. The van der Waals surface area contributed by atoms with Crippen LogP contribution in [0.4, 0.5) is 11.5 Å². The van der Waals surface area contributed by atoms with Crippen molar-refractivity contribution >= 4 is 23.4 Å². The topological polar surface area (TPSA) is 94.6 Å². The molecule has 1 aromatic heterocycles. The molecule has 3 heterocycles. The molecule has 0 aliphatic carbocycles. The molecular weight excluding hydrogens is 308 g/mol. The molecule has 2 fully saturated rings. The van der Waals surface area contributed by atoms with Crippen molar-refractivity contribution in [3.8, 4) is 0 Å². The second-order valence-corrected chi connectivity index (χ2v) is 6.52. The van der Waals surface area contributed by atoms with Gasteiger partial charge in [-0.05, 0) is 44.2 Å². The largest absolute Gasteiger partial charge is 0.480 e. The average Bonchev–Trinajstić information content (AvgIpc) is 2.63. The molecule has 2 aliphatic heterocycles. The summed E-state index contributed by atoms with van der Waals surface area (Å²) in [6, 6.07) is 3.28. The van der Waals surface area contributed by atoms with Gasteiger partial charge in [-0.25, -0.2) is 4.98 Å². The first-order chi connectivity index (χ1) is 11.6. The molecule has 0 aromatic carbocycles. The minimum absolute atomic E-state index is 0.0844. The van der Waals surface area contributed by atoms with Crippen LogP contribution in [0.1, 0.15) is 32.1 Å². The normalized spacial score (nSPS) is 24.4. The smallest absolute Gasteiger partial charge is 0.320 e. The van der Waals surface area contributed by atoms with Crippen LogP contribution in [0.25, 0.3) is 0 Å². The van der Waals surface area contributed by atoms with E-state index in [1.54, 1.807) is 6.20 Å². The summed E-state index contributed by atoms with van der Waals surface area (Å²) in [6.07, 6.45) is 6.42. The third-order valence-electron chi connectivity index (χ3n) is 4.78. The maximum Gasteiger partial charge on any atom is 0.320 e. The number of pyridine rings is 1. The molecule has 2 atom stereocenters. The van der Waals surface area contributed by atoms with Crippen LogP contribution in [0.15, 0.2) is 18.3 Å². The first-order valence-corrected chi connectivity index (χ1v) is 8.61. The van der Waals surface area contributed by atoms with E-state index in [1.807, 2.05) is 12.1 Å². The predicted molar refractivity (Wildman–Crippen MR) is 91.1 cm³/mol. The SMILES string of the molecule is O=C(Nc1ccc(N2CCCCC2)nc1)C1CCC(C(=O)O)NC1. The Kier molecular flexibility index (Phi) is 5.30. The van der Waals surface area contributed by atoms with E-state index in [9.17, 15) is 9.59 Å². The van der Waals surface area contributed by atoms with Crippen LogP contribution in [0, 0.1) is 5.92 Å². The van der Waals surface area contributed by atoms with Crippen molar-refractivity contribution in [1.29, 1.82) is 0 Å². The van der Waals surface area contributed by atoms with E-state index in [-0.39, 0.29) is 11.8 Å². The summed E-state index contributed by atoms with van der Waals surface area (Å²) < 4.78 is 0. The lowest BCUT2D eigenvalue weighted by Crippen LogP contribution is -2.46. The molecule has 3 N–H and O–H groups in total. The molecule has 1 amide bonds. The molecule has 2 unspecified atom stereocenters. The van der Waals surface area contributed by atoms with Crippen LogP contribution in [0.2, 0.25) is 0 Å². The van der Waals surface area contributed by atoms with E-state index in [2.05, 4.69) is 20.5 Å². The molecule has 7 heteroatoms. The lowest BCUT2D eigenvalue weighted by molar-refractivity contribution is -0.141. The van der Waals surface area contributed by atoms with Gasteiger partial charge in [0.25, 0.3) is 0 Å². The Balaban J connectivity index is 1.52. The van der Waals surface area contributed by atoms with Crippen molar-refractivity contribution < 1.29 is 14.7 Å². The maximum absolute atomic E-state index is 12.3. The predicted octanol–water partition coefficient (Wildman–Crippen LogP) is 1.46.